The average molecular weight is 256 g/mol. The van der Waals surface area contributed by atoms with Gasteiger partial charge in [0.1, 0.15) is 5.65 Å². The molecule has 1 saturated heterocycles. The Morgan fingerprint density at radius 1 is 1.21 bits per heavy atom. The van der Waals surface area contributed by atoms with Crippen molar-refractivity contribution in [2.45, 2.75) is 25.0 Å². The fraction of sp³-hybridized carbons (Fsp3) is 0.400. The monoisotopic (exact) mass is 256 g/mol. The molecular formula is C15H16N2O2. The van der Waals surface area contributed by atoms with Crippen LogP contribution >= 0.6 is 0 Å². The summed E-state index contributed by atoms with van der Waals surface area (Å²) in [5.74, 6) is -0.345. The molecule has 3 heterocycles. The maximum absolute atomic E-state index is 5.73. The predicted molar refractivity (Wildman–Crippen MR) is 71.7 cm³/mol. The zero-order valence-corrected chi connectivity index (χ0v) is 10.7. The van der Waals surface area contributed by atoms with Crippen LogP contribution in [0.15, 0.2) is 36.7 Å². The summed E-state index contributed by atoms with van der Waals surface area (Å²) in [7, 11) is 0. The third-order valence-electron chi connectivity index (χ3n) is 3.94. The summed E-state index contributed by atoms with van der Waals surface area (Å²) >= 11 is 0. The summed E-state index contributed by atoms with van der Waals surface area (Å²) in [5, 5.41) is 0. The van der Waals surface area contributed by atoms with Crippen LogP contribution in [0.3, 0.4) is 0 Å². The molecule has 2 aliphatic rings. The largest absolute Gasteiger partial charge is 0.347 e. The molecule has 1 spiro atoms. The molecule has 2 aromatic heterocycles. The Labute approximate surface area is 111 Å². The van der Waals surface area contributed by atoms with Crippen molar-refractivity contribution in [1.29, 1.82) is 0 Å². The lowest BCUT2D eigenvalue weighted by Crippen LogP contribution is -2.31. The minimum atomic E-state index is -0.345. The Bertz CT molecular complexity index is 605. The summed E-state index contributed by atoms with van der Waals surface area (Å²) < 4.78 is 13.5. The SMILES string of the molecule is C1=C(c2cn3ccccc3n2)CCC2(C1)OCCO2. The number of pyridine rings is 1. The number of rotatable bonds is 1. The third kappa shape index (κ3) is 1.88. The molecule has 0 saturated carbocycles. The molecule has 0 unspecified atom stereocenters. The second kappa shape index (κ2) is 4.18. The number of hydrogen-bond donors (Lipinski definition) is 0. The first-order chi connectivity index (χ1) is 9.35. The molecule has 1 aliphatic carbocycles. The van der Waals surface area contributed by atoms with Crippen molar-refractivity contribution in [1.82, 2.24) is 9.38 Å². The molecule has 1 aliphatic heterocycles. The minimum absolute atomic E-state index is 0.345. The zero-order chi connectivity index (χ0) is 12.7. The Morgan fingerprint density at radius 2 is 2.11 bits per heavy atom. The Morgan fingerprint density at radius 3 is 2.84 bits per heavy atom. The lowest BCUT2D eigenvalue weighted by Gasteiger charge is -2.30. The smallest absolute Gasteiger partial charge is 0.172 e. The maximum atomic E-state index is 5.73. The molecule has 98 valence electrons. The Kier molecular flexibility index (Phi) is 2.47. The van der Waals surface area contributed by atoms with Gasteiger partial charge < -0.3 is 13.9 Å². The number of nitrogens with zero attached hydrogens (tertiary/aromatic N) is 2. The molecule has 0 radical (unpaired) electrons. The highest BCUT2D eigenvalue weighted by Crippen LogP contribution is 2.37. The fourth-order valence-electron chi connectivity index (χ4n) is 2.89. The highest BCUT2D eigenvalue weighted by molar-refractivity contribution is 5.65. The van der Waals surface area contributed by atoms with Crippen LogP contribution in [0.1, 0.15) is 25.0 Å². The van der Waals surface area contributed by atoms with E-state index in [1.165, 1.54) is 5.57 Å². The van der Waals surface area contributed by atoms with Crippen molar-refractivity contribution in [2.75, 3.05) is 13.2 Å². The van der Waals surface area contributed by atoms with E-state index in [-0.39, 0.29) is 5.79 Å². The second-order valence-corrected chi connectivity index (χ2v) is 5.13. The van der Waals surface area contributed by atoms with Crippen LogP contribution in [-0.2, 0) is 9.47 Å². The number of ether oxygens (including phenoxy) is 2. The van der Waals surface area contributed by atoms with E-state index in [2.05, 4.69) is 21.7 Å². The molecule has 2 aromatic rings. The first kappa shape index (κ1) is 11.2. The third-order valence-corrected chi connectivity index (χ3v) is 3.94. The fourth-order valence-corrected chi connectivity index (χ4v) is 2.89. The summed E-state index contributed by atoms with van der Waals surface area (Å²) in [6, 6.07) is 6.05. The van der Waals surface area contributed by atoms with Crippen LogP contribution in [0.5, 0.6) is 0 Å². The van der Waals surface area contributed by atoms with Gasteiger partial charge >= 0.3 is 0 Å². The van der Waals surface area contributed by atoms with E-state index in [9.17, 15) is 0 Å². The molecule has 4 heteroatoms. The van der Waals surface area contributed by atoms with Crippen molar-refractivity contribution in [3.8, 4) is 0 Å². The Hall–Kier alpha value is -1.65. The molecule has 4 nitrogen and oxygen atoms in total. The standard InChI is InChI=1S/C15H16N2O2/c1-2-8-17-11-13(16-14(17)3-1)12-4-6-15(7-5-12)18-9-10-19-15/h1-4,8,11H,5-7,9-10H2. The van der Waals surface area contributed by atoms with Crippen molar-refractivity contribution < 1.29 is 9.47 Å². The number of fused-ring (bicyclic) bond motifs is 1. The number of aromatic nitrogens is 2. The Balaban J connectivity index is 1.64. The van der Waals surface area contributed by atoms with Crippen LogP contribution in [-0.4, -0.2) is 28.4 Å². The summed E-state index contributed by atoms with van der Waals surface area (Å²) in [6.45, 7) is 1.44. The molecule has 19 heavy (non-hydrogen) atoms. The van der Waals surface area contributed by atoms with Crippen LogP contribution in [0.2, 0.25) is 0 Å². The van der Waals surface area contributed by atoms with Gasteiger partial charge in [-0.1, -0.05) is 12.1 Å². The van der Waals surface area contributed by atoms with Crippen LogP contribution in [0, 0.1) is 0 Å². The van der Waals surface area contributed by atoms with E-state index in [1.807, 2.05) is 24.4 Å². The molecule has 0 aromatic carbocycles. The lowest BCUT2D eigenvalue weighted by atomic mass is 9.92. The molecular weight excluding hydrogens is 240 g/mol. The van der Waals surface area contributed by atoms with Gasteiger partial charge in [0, 0.05) is 25.2 Å². The quantitative estimate of drug-likeness (QED) is 0.787. The molecule has 1 fully saturated rings. The highest BCUT2D eigenvalue weighted by atomic mass is 16.7. The molecule has 0 bridgehead atoms. The topological polar surface area (TPSA) is 35.8 Å². The van der Waals surface area contributed by atoms with Gasteiger partial charge in [-0.25, -0.2) is 4.98 Å². The van der Waals surface area contributed by atoms with Crippen molar-refractivity contribution in [3.05, 3.63) is 42.4 Å². The summed E-state index contributed by atoms with van der Waals surface area (Å²) in [4.78, 5) is 4.66. The summed E-state index contributed by atoms with van der Waals surface area (Å²) in [5.41, 5.74) is 3.36. The van der Waals surface area contributed by atoms with Gasteiger partial charge in [-0.2, -0.15) is 0 Å². The van der Waals surface area contributed by atoms with Gasteiger partial charge in [0.15, 0.2) is 5.79 Å². The van der Waals surface area contributed by atoms with Crippen molar-refractivity contribution in [3.63, 3.8) is 0 Å². The van der Waals surface area contributed by atoms with Gasteiger partial charge in [-0.15, -0.1) is 0 Å². The number of allylic oxidation sites excluding steroid dienone is 1. The molecule has 0 N–H and O–H groups in total. The van der Waals surface area contributed by atoms with E-state index in [0.29, 0.717) is 0 Å². The van der Waals surface area contributed by atoms with E-state index >= 15 is 0 Å². The number of hydrogen-bond acceptors (Lipinski definition) is 3. The van der Waals surface area contributed by atoms with Gasteiger partial charge in [-0.05, 0) is 24.1 Å². The summed E-state index contributed by atoms with van der Waals surface area (Å²) in [6.07, 6.45) is 9.05. The lowest BCUT2D eigenvalue weighted by molar-refractivity contribution is -0.159. The van der Waals surface area contributed by atoms with Gasteiger partial charge in [0.25, 0.3) is 0 Å². The van der Waals surface area contributed by atoms with Gasteiger partial charge in [0.05, 0.1) is 18.9 Å². The van der Waals surface area contributed by atoms with Crippen molar-refractivity contribution >= 4 is 11.2 Å². The van der Waals surface area contributed by atoms with Crippen LogP contribution < -0.4 is 0 Å². The maximum Gasteiger partial charge on any atom is 0.172 e. The van der Waals surface area contributed by atoms with E-state index in [1.54, 1.807) is 0 Å². The highest BCUT2D eigenvalue weighted by Gasteiger charge is 2.37. The van der Waals surface area contributed by atoms with E-state index in [0.717, 1.165) is 43.8 Å². The normalized spacial score (nSPS) is 22.0. The van der Waals surface area contributed by atoms with Gasteiger partial charge in [0.2, 0.25) is 0 Å². The first-order valence-electron chi connectivity index (χ1n) is 6.76. The first-order valence-corrected chi connectivity index (χ1v) is 6.76. The molecule has 0 amide bonds. The number of imidazole rings is 1. The van der Waals surface area contributed by atoms with E-state index in [4.69, 9.17) is 9.47 Å². The van der Waals surface area contributed by atoms with Gasteiger partial charge in [-0.3, -0.25) is 0 Å². The minimum Gasteiger partial charge on any atom is -0.347 e. The molecule has 4 rings (SSSR count). The van der Waals surface area contributed by atoms with Crippen molar-refractivity contribution in [2.24, 2.45) is 0 Å². The van der Waals surface area contributed by atoms with Crippen LogP contribution in [0.4, 0.5) is 0 Å². The zero-order valence-electron chi connectivity index (χ0n) is 10.7. The van der Waals surface area contributed by atoms with E-state index < -0.39 is 0 Å². The average Bonchev–Trinajstić information content (AvgIpc) is 3.06. The predicted octanol–water partition coefficient (Wildman–Crippen LogP) is 2.64. The second-order valence-electron chi connectivity index (χ2n) is 5.13. The molecule has 0 atom stereocenters. The van der Waals surface area contributed by atoms with Crippen LogP contribution in [0.25, 0.3) is 11.2 Å².